The van der Waals surface area contributed by atoms with Gasteiger partial charge in [-0.25, -0.2) is 4.98 Å². The van der Waals surface area contributed by atoms with Crippen LogP contribution >= 0.6 is 11.3 Å². The summed E-state index contributed by atoms with van der Waals surface area (Å²) in [6, 6.07) is 0.0882. The first kappa shape index (κ1) is 7.69. The Hall–Kier alpha value is -0.410. The number of aromatic nitrogens is 1. The fraction of sp³-hybridized carbons (Fsp3) is 0.571. The van der Waals surface area contributed by atoms with Gasteiger partial charge in [0.05, 0.1) is 6.04 Å². The fourth-order valence-corrected chi connectivity index (χ4v) is 1.51. The molecule has 0 aliphatic carbocycles. The van der Waals surface area contributed by atoms with E-state index >= 15 is 0 Å². The molecule has 0 aromatic carbocycles. The normalized spacial score (nSPS) is 13.5. The second-order valence-electron chi connectivity index (χ2n) is 2.31. The molecule has 0 saturated heterocycles. The zero-order chi connectivity index (χ0) is 7.56. The first-order valence-electron chi connectivity index (χ1n) is 3.44. The number of aryl methyl sites for hydroxylation is 1. The van der Waals surface area contributed by atoms with Crippen molar-refractivity contribution in [3.63, 3.8) is 0 Å². The average molecular weight is 156 g/mol. The first-order valence-corrected chi connectivity index (χ1v) is 4.26. The van der Waals surface area contributed by atoms with Gasteiger partial charge in [0, 0.05) is 11.1 Å². The van der Waals surface area contributed by atoms with E-state index in [-0.39, 0.29) is 6.04 Å². The molecular formula is C7H12N2S. The Morgan fingerprint density at radius 3 is 2.80 bits per heavy atom. The van der Waals surface area contributed by atoms with Crippen LogP contribution in [0.3, 0.4) is 0 Å². The van der Waals surface area contributed by atoms with Gasteiger partial charge >= 0.3 is 0 Å². The van der Waals surface area contributed by atoms with Crippen molar-refractivity contribution in [1.29, 1.82) is 0 Å². The van der Waals surface area contributed by atoms with E-state index in [1.54, 1.807) is 11.3 Å². The van der Waals surface area contributed by atoms with E-state index in [4.69, 9.17) is 5.73 Å². The monoisotopic (exact) mass is 156 g/mol. The summed E-state index contributed by atoms with van der Waals surface area (Å²) in [6.45, 7) is 4.08. The molecule has 0 amide bonds. The molecule has 0 aliphatic rings. The summed E-state index contributed by atoms with van der Waals surface area (Å²) in [5.74, 6) is 0. The Labute approximate surface area is 65.1 Å². The molecule has 1 aromatic heterocycles. The van der Waals surface area contributed by atoms with Crippen LogP contribution in [0, 0.1) is 0 Å². The minimum Gasteiger partial charge on any atom is -0.322 e. The number of rotatable bonds is 2. The van der Waals surface area contributed by atoms with Crippen molar-refractivity contribution in [3.05, 3.63) is 16.1 Å². The quantitative estimate of drug-likeness (QED) is 0.708. The van der Waals surface area contributed by atoms with Gasteiger partial charge in [-0.2, -0.15) is 0 Å². The van der Waals surface area contributed by atoms with Gasteiger partial charge in [-0.3, -0.25) is 0 Å². The lowest BCUT2D eigenvalue weighted by molar-refractivity contribution is 0.807. The van der Waals surface area contributed by atoms with Gasteiger partial charge in [0.2, 0.25) is 0 Å². The molecule has 0 fully saturated rings. The van der Waals surface area contributed by atoms with E-state index in [1.165, 1.54) is 4.88 Å². The number of nitrogens with zero attached hydrogens (tertiary/aromatic N) is 1. The Morgan fingerprint density at radius 2 is 2.50 bits per heavy atom. The first-order chi connectivity index (χ1) is 4.74. The van der Waals surface area contributed by atoms with Crippen molar-refractivity contribution in [2.75, 3.05) is 0 Å². The van der Waals surface area contributed by atoms with Gasteiger partial charge in [0.25, 0.3) is 0 Å². The molecule has 0 bridgehead atoms. The van der Waals surface area contributed by atoms with Crippen LogP contribution in [0.5, 0.6) is 0 Å². The van der Waals surface area contributed by atoms with E-state index in [0.29, 0.717) is 0 Å². The molecule has 0 spiro atoms. The van der Waals surface area contributed by atoms with Gasteiger partial charge in [-0.15, -0.1) is 11.3 Å². The molecule has 1 atom stereocenters. The highest BCUT2D eigenvalue weighted by atomic mass is 32.1. The van der Waals surface area contributed by atoms with E-state index < -0.39 is 0 Å². The second-order valence-corrected chi connectivity index (χ2v) is 3.45. The third kappa shape index (κ3) is 1.55. The highest BCUT2D eigenvalue weighted by Crippen LogP contribution is 2.17. The third-order valence-electron chi connectivity index (χ3n) is 1.31. The van der Waals surface area contributed by atoms with Gasteiger partial charge < -0.3 is 5.73 Å². The summed E-state index contributed by atoms with van der Waals surface area (Å²) >= 11 is 1.70. The number of hydrogen-bond donors (Lipinski definition) is 1. The molecule has 56 valence electrons. The van der Waals surface area contributed by atoms with Crippen molar-refractivity contribution >= 4 is 11.3 Å². The van der Waals surface area contributed by atoms with Crippen molar-refractivity contribution in [2.45, 2.75) is 26.3 Å². The maximum atomic E-state index is 5.63. The molecule has 2 N–H and O–H groups in total. The Bertz CT molecular complexity index is 205. The summed E-state index contributed by atoms with van der Waals surface area (Å²) in [4.78, 5) is 5.49. The highest BCUT2D eigenvalue weighted by Gasteiger charge is 2.03. The molecule has 0 unspecified atom stereocenters. The standard InChI is InChI=1S/C7H12N2S/c1-3-6-4-9-7(10-6)5(2)8/h4-5H,3,8H2,1-2H3/t5-/m0/s1. The van der Waals surface area contributed by atoms with Crippen LogP contribution in [0.25, 0.3) is 0 Å². The highest BCUT2D eigenvalue weighted by molar-refractivity contribution is 7.11. The predicted molar refractivity (Wildman–Crippen MR) is 44.1 cm³/mol. The lowest BCUT2D eigenvalue weighted by atomic mass is 10.4. The van der Waals surface area contributed by atoms with Gasteiger partial charge in [-0.1, -0.05) is 6.92 Å². The zero-order valence-corrected chi connectivity index (χ0v) is 7.11. The molecule has 10 heavy (non-hydrogen) atoms. The Morgan fingerprint density at radius 1 is 1.80 bits per heavy atom. The van der Waals surface area contributed by atoms with E-state index in [2.05, 4.69) is 11.9 Å². The lowest BCUT2D eigenvalue weighted by Crippen LogP contribution is -2.03. The second kappa shape index (κ2) is 3.12. The maximum Gasteiger partial charge on any atom is 0.109 e. The van der Waals surface area contributed by atoms with Gasteiger partial charge in [-0.05, 0) is 13.3 Å². The maximum absolute atomic E-state index is 5.63. The summed E-state index contributed by atoms with van der Waals surface area (Å²) < 4.78 is 0. The largest absolute Gasteiger partial charge is 0.322 e. The van der Waals surface area contributed by atoms with E-state index in [1.807, 2.05) is 13.1 Å². The number of thiazole rings is 1. The fourth-order valence-electron chi connectivity index (χ4n) is 0.697. The summed E-state index contributed by atoms with van der Waals surface area (Å²) in [6.07, 6.45) is 2.97. The third-order valence-corrected chi connectivity index (χ3v) is 2.65. The van der Waals surface area contributed by atoms with Crippen LogP contribution in [-0.4, -0.2) is 4.98 Å². The molecule has 0 radical (unpaired) electrons. The van der Waals surface area contributed by atoms with E-state index in [9.17, 15) is 0 Å². The van der Waals surface area contributed by atoms with E-state index in [0.717, 1.165) is 11.4 Å². The van der Waals surface area contributed by atoms with Crippen molar-refractivity contribution < 1.29 is 0 Å². The molecule has 3 heteroatoms. The van der Waals surface area contributed by atoms with Crippen LogP contribution in [0.2, 0.25) is 0 Å². The molecular weight excluding hydrogens is 144 g/mol. The van der Waals surface area contributed by atoms with Gasteiger partial charge in [0.15, 0.2) is 0 Å². The molecule has 0 saturated carbocycles. The van der Waals surface area contributed by atoms with Crippen molar-refractivity contribution in [1.82, 2.24) is 4.98 Å². The van der Waals surface area contributed by atoms with Crippen LogP contribution in [0.1, 0.15) is 29.8 Å². The molecule has 1 heterocycles. The summed E-state index contributed by atoms with van der Waals surface area (Å²) in [5.41, 5.74) is 5.63. The molecule has 1 aromatic rings. The summed E-state index contributed by atoms with van der Waals surface area (Å²) in [7, 11) is 0. The topological polar surface area (TPSA) is 38.9 Å². The van der Waals surface area contributed by atoms with Gasteiger partial charge in [0.1, 0.15) is 5.01 Å². The number of nitrogens with two attached hydrogens (primary N) is 1. The lowest BCUT2D eigenvalue weighted by Gasteiger charge is -1.95. The average Bonchev–Trinajstić information content (AvgIpc) is 2.34. The zero-order valence-electron chi connectivity index (χ0n) is 6.29. The van der Waals surface area contributed by atoms with Crippen molar-refractivity contribution in [3.8, 4) is 0 Å². The molecule has 0 aliphatic heterocycles. The molecule has 2 nitrogen and oxygen atoms in total. The minimum absolute atomic E-state index is 0.0882. The van der Waals surface area contributed by atoms with Crippen molar-refractivity contribution in [2.24, 2.45) is 5.73 Å². The van der Waals surface area contributed by atoms with Crippen LogP contribution in [0.15, 0.2) is 6.20 Å². The Balaban J connectivity index is 2.78. The summed E-state index contributed by atoms with van der Waals surface area (Å²) in [5, 5.41) is 1.04. The SMILES string of the molecule is CCc1cnc([C@H](C)N)s1. The van der Waals surface area contributed by atoms with Crippen LogP contribution in [0.4, 0.5) is 0 Å². The Kier molecular flexibility index (Phi) is 2.40. The number of hydrogen-bond acceptors (Lipinski definition) is 3. The van der Waals surface area contributed by atoms with Crippen LogP contribution in [-0.2, 0) is 6.42 Å². The molecule has 1 rings (SSSR count). The smallest absolute Gasteiger partial charge is 0.109 e. The minimum atomic E-state index is 0.0882. The predicted octanol–water partition coefficient (Wildman–Crippen LogP) is 1.73. The van der Waals surface area contributed by atoms with Crippen LogP contribution < -0.4 is 5.73 Å².